The minimum atomic E-state index is 0.651. The average molecular weight is 276 g/mol. The molecule has 0 saturated heterocycles. The van der Waals surface area contributed by atoms with Crippen molar-refractivity contribution < 1.29 is 0 Å². The Morgan fingerprint density at radius 2 is 1.89 bits per heavy atom. The van der Waals surface area contributed by atoms with E-state index in [1.165, 1.54) is 5.56 Å². The van der Waals surface area contributed by atoms with E-state index in [0.717, 1.165) is 35.2 Å². The van der Waals surface area contributed by atoms with Gasteiger partial charge >= 0.3 is 0 Å². The highest BCUT2D eigenvalue weighted by Gasteiger charge is 2.10. The van der Waals surface area contributed by atoms with Crippen LogP contribution in [0.3, 0.4) is 0 Å². The Morgan fingerprint density at radius 1 is 1.21 bits per heavy atom. The first-order chi connectivity index (χ1) is 9.08. The van der Waals surface area contributed by atoms with Gasteiger partial charge in [-0.1, -0.05) is 13.8 Å². The molecule has 0 atom stereocenters. The number of hydrogen-bond donors (Lipinski definition) is 1. The second kappa shape index (κ2) is 6.21. The van der Waals surface area contributed by atoms with Gasteiger partial charge in [-0.25, -0.2) is 9.97 Å². The number of aromatic nitrogens is 3. The first-order valence-corrected chi connectivity index (χ1v) is 7.39. The van der Waals surface area contributed by atoms with Gasteiger partial charge in [0, 0.05) is 29.7 Å². The number of nitrogens with one attached hydrogen (secondary N) is 1. The maximum atomic E-state index is 4.59. The second-order valence-electron chi connectivity index (χ2n) is 5.09. The van der Waals surface area contributed by atoms with Crippen molar-refractivity contribution in [1.29, 1.82) is 0 Å². The summed E-state index contributed by atoms with van der Waals surface area (Å²) < 4.78 is 0. The summed E-state index contributed by atoms with van der Waals surface area (Å²) >= 11 is 1.57. The zero-order valence-electron chi connectivity index (χ0n) is 11.9. The van der Waals surface area contributed by atoms with Crippen molar-refractivity contribution in [2.45, 2.75) is 34.2 Å². The Labute approximate surface area is 118 Å². The lowest BCUT2D eigenvalue weighted by Gasteiger charge is -2.12. The van der Waals surface area contributed by atoms with E-state index in [-0.39, 0.29) is 0 Å². The van der Waals surface area contributed by atoms with Crippen molar-refractivity contribution in [1.82, 2.24) is 20.3 Å². The maximum Gasteiger partial charge on any atom is 0.171 e. The van der Waals surface area contributed by atoms with E-state index in [2.05, 4.69) is 34.1 Å². The molecule has 19 heavy (non-hydrogen) atoms. The topological polar surface area (TPSA) is 50.7 Å². The Kier molecular flexibility index (Phi) is 4.61. The third-order valence-corrected chi connectivity index (χ3v) is 3.70. The fourth-order valence-electron chi connectivity index (χ4n) is 1.92. The minimum absolute atomic E-state index is 0.651. The largest absolute Gasteiger partial charge is 0.312 e. The van der Waals surface area contributed by atoms with Gasteiger partial charge in [0.05, 0.1) is 10.4 Å². The monoisotopic (exact) mass is 276 g/mol. The number of rotatable bonds is 5. The van der Waals surface area contributed by atoms with Crippen LogP contribution in [0.1, 0.15) is 30.8 Å². The first kappa shape index (κ1) is 14.1. The zero-order valence-corrected chi connectivity index (χ0v) is 12.7. The first-order valence-electron chi connectivity index (χ1n) is 6.51. The Balaban J connectivity index is 2.18. The lowest BCUT2D eigenvalue weighted by molar-refractivity contribution is 0.549. The van der Waals surface area contributed by atoms with E-state index in [1.807, 2.05) is 25.6 Å². The molecule has 0 aliphatic carbocycles. The number of nitrogens with zero attached hydrogens (tertiary/aromatic N) is 3. The summed E-state index contributed by atoms with van der Waals surface area (Å²) in [5.41, 5.74) is 5.11. The standard InChI is InChI=1S/C14H20N4S/c1-9(2)5-15-6-12-10(3)17-14(18-11(12)4)13-7-16-8-19-13/h7-9,15H,5-6H2,1-4H3. The van der Waals surface area contributed by atoms with Crippen molar-refractivity contribution in [3.63, 3.8) is 0 Å². The molecular formula is C14H20N4S. The fraction of sp³-hybridized carbons (Fsp3) is 0.500. The molecule has 2 aromatic heterocycles. The molecule has 0 aliphatic heterocycles. The molecule has 0 aromatic carbocycles. The number of hydrogen-bond acceptors (Lipinski definition) is 5. The van der Waals surface area contributed by atoms with Gasteiger partial charge in [-0.05, 0) is 26.3 Å². The maximum absolute atomic E-state index is 4.59. The van der Waals surface area contributed by atoms with Gasteiger partial charge in [-0.3, -0.25) is 4.98 Å². The molecule has 102 valence electrons. The lowest BCUT2D eigenvalue weighted by atomic mass is 10.1. The summed E-state index contributed by atoms with van der Waals surface area (Å²) in [4.78, 5) is 14.3. The molecule has 0 unspecified atom stereocenters. The van der Waals surface area contributed by atoms with Crippen LogP contribution in [0.2, 0.25) is 0 Å². The molecule has 0 aliphatic rings. The molecule has 0 radical (unpaired) electrons. The van der Waals surface area contributed by atoms with Crippen molar-refractivity contribution in [2.24, 2.45) is 5.92 Å². The van der Waals surface area contributed by atoms with Crippen molar-refractivity contribution in [3.8, 4) is 10.7 Å². The van der Waals surface area contributed by atoms with Crippen LogP contribution < -0.4 is 5.32 Å². The summed E-state index contributed by atoms with van der Waals surface area (Å²) in [7, 11) is 0. The fourth-order valence-corrected chi connectivity index (χ4v) is 2.47. The van der Waals surface area contributed by atoms with Crippen LogP contribution in [-0.2, 0) is 6.54 Å². The summed E-state index contributed by atoms with van der Waals surface area (Å²) in [6.45, 7) is 10.3. The predicted molar refractivity (Wildman–Crippen MR) is 79.2 cm³/mol. The Bertz CT molecular complexity index is 511. The highest BCUT2D eigenvalue weighted by molar-refractivity contribution is 7.13. The molecule has 2 aromatic rings. The summed E-state index contributed by atoms with van der Waals surface area (Å²) in [6, 6.07) is 0. The van der Waals surface area contributed by atoms with Gasteiger partial charge in [0.15, 0.2) is 5.82 Å². The van der Waals surface area contributed by atoms with Crippen LogP contribution in [0.5, 0.6) is 0 Å². The van der Waals surface area contributed by atoms with Crippen molar-refractivity contribution in [3.05, 3.63) is 28.7 Å². The van der Waals surface area contributed by atoms with Crippen LogP contribution in [0.15, 0.2) is 11.7 Å². The van der Waals surface area contributed by atoms with E-state index >= 15 is 0 Å². The van der Waals surface area contributed by atoms with Gasteiger partial charge < -0.3 is 5.32 Å². The van der Waals surface area contributed by atoms with Gasteiger partial charge in [0.1, 0.15) is 0 Å². The third kappa shape index (κ3) is 3.58. The summed E-state index contributed by atoms with van der Waals surface area (Å²) in [6.07, 6.45) is 1.82. The number of aryl methyl sites for hydroxylation is 2. The summed E-state index contributed by atoms with van der Waals surface area (Å²) in [5, 5.41) is 3.45. The average Bonchev–Trinajstić information content (AvgIpc) is 2.85. The van der Waals surface area contributed by atoms with Gasteiger partial charge in [0.25, 0.3) is 0 Å². The van der Waals surface area contributed by atoms with Gasteiger partial charge in [-0.2, -0.15) is 0 Å². The van der Waals surface area contributed by atoms with Crippen molar-refractivity contribution in [2.75, 3.05) is 6.54 Å². The van der Waals surface area contributed by atoms with Crippen LogP contribution in [0.4, 0.5) is 0 Å². The van der Waals surface area contributed by atoms with Crippen LogP contribution >= 0.6 is 11.3 Å². The molecule has 0 fully saturated rings. The molecule has 5 heteroatoms. The van der Waals surface area contributed by atoms with Crippen LogP contribution in [0.25, 0.3) is 10.7 Å². The Hall–Kier alpha value is -1.33. The molecule has 0 bridgehead atoms. The van der Waals surface area contributed by atoms with E-state index in [4.69, 9.17) is 0 Å². The van der Waals surface area contributed by atoms with E-state index in [9.17, 15) is 0 Å². The molecule has 0 saturated carbocycles. The molecular weight excluding hydrogens is 256 g/mol. The van der Waals surface area contributed by atoms with Gasteiger partial charge in [-0.15, -0.1) is 11.3 Å². The molecule has 4 nitrogen and oxygen atoms in total. The highest BCUT2D eigenvalue weighted by Crippen LogP contribution is 2.21. The predicted octanol–water partition coefficient (Wildman–Crippen LogP) is 2.96. The van der Waals surface area contributed by atoms with E-state index < -0.39 is 0 Å². The smallest absolute Gasteiger partial charge is 0.171 e. The van der Waals surface area contributed by atoms with E-state index in [0.29, 0.717) is 5.92 Å². The molecule has 0 spiro atoms. The summed E-state index contributed by atoms with van der Waals surface area (Å²) in [5.74, 6) is 1.43. The SMILES string of the molecule is Cc1nc(-c2cncs2)nc(C)c1CNCC(C)C. The van der Waals surface area contributed by atoms with Crippen molar-refractivity contribution >= 4 is 11.3 Å². The zero-order chi connectivity index (χ0) is 13.8. The van der Waals surface area contributed by atoms with Crippen LogP contribution in [0, 0.1) is 19.8 Å². The van der Waals surface area contributed by atoms with E-state index in [1.54, 1.807) is 11.3 Å². The normalized spacial score (nSPS) is 11.2. The second-order valence-corrected chi connectivity index (χ2v) is 5.97. The van der Waals surface area contributed by atoms with Crippen LogP contribution in [-0.4, -0.2) is 21.5 Å². The molecule has 1 N–H and O–H groups in total. The van der Waals surface area contributed by atoms with Gasteiger partial charge in [0.2, 0.25) is 0 Å². The number of thiazole rings is 1. The third-order valence-electron chi connectivity index (χ3n) is 2.93. The molecule has 2 rings (SSSR count). The quantitative estimate of drug-likeness (QED) is 0.912. The molecule has 2 heterocycles. The Morgan fingerprint density at radius 3 is 2.42 bits per heavy atom. The molecule has 0 amide bonds. The lowest BCUT2D eigenvalue weighted by Crippen LogP contribution is -2.21. The highest BCUT2D eigenvalue weighted by atomic mass is 32.1. The minimum Gasteiger partial charge on any atom is -0.312 e.